The number of carbonyl (C=O) groups excluding carboxylic acids is 1. The Bertz CT molecular complexity index is 437. The number of carbonyl (C=O) groups is 1. The molecule has 3 N–H and O–H groups in total. The van der Waals surface area contributed by atoms with Gasteiger partial charge in [0.1, 0.15) is 0 Å². The molecule has 2 rings (SSSR count). The Hall–Kier alpha value is -1.55. The first-order chi connectivity index (χ1) is 9.08. The van der Waals surface area contributed by atoms with Gasteiger partial charge in [0, 0.05) is 12.1 Å². The zero-order valence-corrected chi connectivity index (χ0v) is 11.7. The Labute approximate surface area is 115 Å². The fourth-order valence-electron chi connectivity index (χ4n) is 2.75. The van der Waals surface area contributed by atoms with E-state index < -0.39 is 0 Å². The first-order valence-corrected chi connectivity index (χ1v) is 6.98. The number of rotatable bonds is 3. The van der Waals surface area contributed by atoms with E-state index >= 15 is 0 Å². The molecular formula is C15H23N3O. The number of anilines is 2. The number of benzene rings is 1. The van der Waals surface area contributed by atoms with Gasteiger partial charge in [-0.2, -0.15) is 0 Å². The summed E-state index contributed by atoms with van der Waals surface area (Å²) in [5.74, 6) is 0.0125. The highest BCUT2D eigenvalue weighted by atomic mass is 16.2. The number of nitrogens with two attached hydrogens (primary N) is 1. The van der Waals surface area contributed by atoms with Gasteiger partial charge < -0.3 is 11.1 Å². The molecule has 1 aliphatic rings. The van der Waals surface area contributed by atoms with Gasteiger partial charge in [0.15, 0.2) is 0 Å². The second kappa shape index (κ2) is 6.06. The van der Waals surface area contributed by atoms with Gasteiger partial charge in [-0.3, -0.25) is 9.69 Å². The summed E-state index contributed by atoms with van der Waals surface area (Å²) in [4.78, 5) is 14.4. The van der Waals surface area contributed by atoms with E-state index in [0.29, 0.717) is 30.0 Å². The molecule has 0 radical (unpaired) electrons. The first kappa shape index (κ1) is 13.9. The zero-order chi connectivity index (χ0) is 13.8. The van der Waals surface area contributed by atoms with Gasteiger partial charge in [-0.25, -0.2) is 0 Å². The van der Waals surface area contributed by atoms with Gasteiger partial charge in [-0.05, 0) is 38.8 Å². The molecule has 1 aliphatic heterocycles. The summed E-state index contributed by atoms with van der Waals surface area (Å²) in [5.41, 5.74) is 7.13. The van der Waals surface area contributed by atoms with Gasteiger partial charge in [0.2, 0.25) is 5.91 Å². The lowest BCUT2D eigenvalue weighted by Gasteiger charge is -2.38. The van der Waals surface area contributed by atoms with Gasteiger partial charge in [0.25, 0.3) is 0 Å². The number of nitrogens with one attached hydrogen (secondary N) is 1. The summed E-state index contributed by atoms with van der Waals surface area (Å²) in [7, 11) is 0. The van der Waals surface area contributed by atoms with E-state index in [4.69, 9.17) is 5.73 Å². The molecule has 1 aromatic carbocycles. The fraction of sp³-hybridized carbons (Fsp3) is 0.533. The summed E-state index contributed by atoms with van der Waals surface area (Å²) in [6, 6.07) is 8.31. The van der Waals surface area contributed by atoms with Gasteiger partial charge >= 0.3 is 0 Å². The standard InChI is InChI=1S/C15H23N3O/c1-11-6-5-7-12(2)18(11)10-15(19)17-14-9-4-3-8-13(14)16/h3-4,8-9,11-12H,5-7,10,16H2,1-2H3,(H,17,19)/t11-,12+. The smallest absolute Gasteiger partial charge is 0.238 e. The van der Waals surface area contributed by atoms with E-state index in [2.05, 4.69) is 24.1 Å². The molecule has 1 heterocycles. The lowest BCUT2D eigenvalue weighted by atomic mass is 9.97. The lowest BCUT2D eigenvalue weighted by Crippen LogP contribution is -2.47. The van der Waals surface area contributed by atoms with Crippen LogP contribution in [0, 0.1) is 0 Å². The maximum absolute atomic E-state index is 12.1. The molecule has 0 aliphatic carbocycles. The molecule has 0 unspecified atom stereocenters. The number of hydrogen-bond acceptors (Lipinski definition) is 3. The van der Waals surface area contributed by atoms with Crippen molar-refractivity contribution in [1.29, 1.82) is 0 Å². The second-order valence-corrected chi connectivity index (χ2v) is 5.44. The second-order valence-electron chi connectivity index (χ2n) is 5.44. The minimum Gasteiger partial charge on any atom is -0.397 e. The van der Waals surface area contributed by atoms with Crippen LogP contribution in [0.1, 0.15) is 33.1 Å². The third kappa shape index (κ3) is 3.47. The lowest BCUT2D eigenvalue weighted by molar-refractivity contribution is -0.118. The van der Waals surface area contributed by atoms with Crippen molar-refractivity contribution >= 4 is 17.3 Å². The molecule has 1 fully saturated rings. The first-order valence-electron chi connectivity index (χ1n) is 6.98. The average molecular weight is 261 g/mol. The molecule has 4 nitrogen and oxygen atoms in total. The molecule has 4 heteroatoms. The Morgan fingerprint density at radius 2 is 1.95 bits per heavy atom. The molecule has 19 heavy (non-hydrogen) atoms. The van der Waals surface area contributed by atoms with Crippen molar-refractivity contribution in [2.45, 2.75) is 45.2 Å². The number of likely N-dealkylation sites (tertiary alicyclic amines) is 1. The van der Waals surface area contributed by atoms with Crippen molar-refractivity contribution in [2.75, 3.05) is 17.6 Å². The predicted octanol–water partition coefficient (Wildman–Crippen LogP) is 2.47. The van der Waals surface area contributed by atoms with Gasteiger partial charge in [-0.15, -0.1) is 0 Å². The number of nitrogen functional groups attached to an aromatic ring is 1. The number of piperidine rings is 1. The SMILES string of the molecule is C[C@@H]1CCC[C@H](C)N1CC(=O)Nc1ccccc1N. The highest BCUT2D eigenvalue weighted by Gasteiger charge is 2.26. The van der Waals surface area contributed by atoms with Crippen molar-refractivity contribution < 1.29 is 4.79 Å². The highest BCUT2D eigenvalue weighted by Crippen LogP contribution is 2.22. The molecular weight excluding hydrogens is 238 g/mol. The molecule has 0 spiro atoms. The van der Waals surface area contributed by atoms with Gasteiger partial charge in [-0.1, -0.05) is 18.6 Å². The minimum absolute atomic E-state index is 0.0125. The van der Waals surface area contributed by atoms with E-state index in [1.807, 2.05) is 18.2 Å². The van der Waals surface area contributed by atoms with Crippen LogP contribution in [0.2, 0.25) is 0 Å². The van der Waals surface area contributed by atoms with Crippen molar-refractivity contribution in [3.05, 3.63) is 24.3 Å². The van der Waals surface area contributed by atoms with Crippen LogP contribution in [-0.4, -0.2) is 29.4 Å². The van der Waals surface area contributed by atoms with E-state index in [1.165, 1.54) is 19.3 Å². The summed E-state index contributed by atoms with van der Waals surface area (Å²) in [5, 5.41) is 2.89. The molecule has 1 aromatic rings. The van der Waals surface area contributed by atoms with Crippen LogP contribution in [0.5, 0.6) is 0 Å². The summed E-state index contributed by atoms with van der Waals surface area (Å²) in [6.45, 7) is 4.83. The number of amides is 1. The molecule has 0 aromatic heterocycles. The Kier molecular flexibility index (Phi) is 4.43. The fourth-order valence-corrected chi connectivity index (χ4v) is 2.75. The van der Waals surface area contributed by atoms with E-state index in [-0.39, 0.29) is 5.91 Å². The van der Waals surface area contributed by atoms with Crippen molar-refractivity contribution in [3.63, 3.8) is 0 Å². The van der Waals surface area contributed by atoms with Crippen molar-refractivity contribution in [1.82, 2.24) is 4.90 Å². The molecule has 1 saturated heterocycles. The normalized spacial score (nSPS) is 24.1. The zero-order valence-electron chi connectivity index (χ0n) is 11.7. The van der Waals surface area contributed by atoms with Crippen molar-refractivity contribution in [3.8, 4) is 0 Å². The van der Waals surface area contributed by atoms with Crippen LogP contribution in [0.25, 0.3) is 0 Å². The van der Waals surface area contributed by atoms with Crippen LogP contribution >= 0.6 is 0 Å². The molecule has 0 bridgehead atoms. The summed E-state index contributed by atoms with van der Waals surface area (Å²) >= 11 is 0. The van der Waals surface area contributed by atoms with Crippen LogP contribution in [0.4, 0.5) is 11.4 Å². The van der Waals surface area contributed by atoms with Gasteiger partial charge in [0.05, 0.1) is 17.9 Å². The molecule has 1 amide bonds. The Balaban J connectivity index is 1.96. The monoisotopic (exact) mass is 261 g/mol. The molecule has 2 atom stereocenters. The number of hydrogen-bond donors (Lipinski definition) is 2. The van der Waals surface area contributed by atoms with E-state index in [9.17, 15) is 4.79 Å². The van der Waals surface area contributed by atoms with Crippen LogP contribution < -0.4 is 11.1 Å². The van der Waals surface area contributed by atoms with Crippen LogP contribution in [-0.2, 0) is 4.79 Å². The number of para-hydroxylation sites is 2. The Morgan fingerprint density at radius 3 is 2.58 bits per heavy atom. The van der Waals surface area contributed by atoms with Crippen LogP contribution in [0.3, 0.4) is 0 Å². The van der Waals surface area contributed by atoms with Crippen LogP contribution in [0.15, 0.2) is 24.3 Å². The van der Waals surface area contributed by atoms with E-state index in [0.717, 1.165) is 0 Å². The molecule has 0 saturated carbocycles. The maximum atomic E-state index is 12.1. The molecule has 104 valence electrons. The largest absolute Gasteiger partial charge is 0.397 e. The van der Waals surface area contributed by atoms with Crippen molar-refractivity contribution in [2.24, 2.45) is 0 Å². The van der Waals surface area contributed by atoms with E-state index in [1.54, 1.807) is 6.07 Å². The Morgan fingerprint density at radius 1 is 1.32 bits per heavy atom. The highest BCUT2D eigenvalue weighted by molar-refractivity contribution is 5.95. The summed E-state index contributed by atoms with van der Waals surface area (Å²) in [6.07, 6.45) is 3.60. The maximum Gasteiger partial charge on any atom is 0.238 e. The topological polar surface area (TPSA) is 58.4 Å². The third-order valence-corrected chi connectivity index (χ3v) is 3.94. The third-order valence-electron chi connectivity index (χ3n) is 3.94. The number of nitrogens with zero attached hydrogens (tertiary/aromatic N) is 1. The average Bonchev–Trinajstić information content (AvgIpc) is 2.37. The summed E-state index contributed by atoms with van der Waals surface area (Å²) < 4.78 is 0. The minimum atomic E-state index is 0.0125. The predicted molar refractivity (Wildman–Crippen MR) is 79.0 cm³/mol. The quantitative estimate of drug-likeness (QED) is 0.822.